The Labute approximate surface area is 135 Å². The molecule has 1 N–H and O–H groups in total. The number of halogens is 1. The fraction of sp³-hybridized carbons (Fsp3) is 0.647. The maximum absolute atomic E-state index is 9.36. The van der Waals surface area contributed by atoms with Crippen molar-refractivity contribution in [2.24, 2.45) is 0 Å². The van der Waals surface area contributed by atoms with Gasteiger partial charge >= 0.3 is 0 Å². The third kappa shape index (κ3) is 3.79. The van der Waals surface area contributed by atoms with Crippen LogP contribution in [0.2, 0.25) is 0 Å². The standard InChI is InChI=1S/C17H24BrNO2/c18-14-6-7-17-13(10-14)11-16(21-17)12-19(8-9-20)15-4-2-1-3-5-15/h6-7,10,15-16,20H,1-5,8-9,11-12H2. The van der Waals surface area contributed by atoms with Gasteiger partial charge in [0.2, 0.25) is 0 Å². The van der Waals surface area contributed by atoms with Crippen LogP contribution in [0, 0.1) is 0 Å². The number of ether oxygens (including phenoxy) is 1. The second-order valence-corrected chi connectivity index (χ2v) is 7.12. The van der Waals surface area contributed by atoms with Gasteiger partial charge in [0.1, 0.15) is 11.9 Å². The minimum atomic E-state index is 0.225. The lowest BCUT2D eigenvalue weighted by Gasteiger charge is -2.35. The topological polar surface area (TPSA) is 32.7 Å². The monoisotopic (exact) mass is 353 g/mol. The quantitative estimate of drug-likeness (QED) is 0.880. The molecule has 1 aliphatic heterocycles. The molecule has 1 aromatic rings. The third-order valence-corrected chi connectivity index (χ3v) is 5.17. The van der Waals surface area contributed by atoms with Crippen molar-refractivity contribution in [2.45, 2.75) is 50.7 Å². The summed E-state index contributed by atoms with van der Waals surface area (Å²) in [4.78, 5) is 2.45. The van der Waals surface area contributed by atoms with Crippen molar-refractivity contribution in [3.63, 3.8) is 0 Å². The molecule has 0 spiro atoms. The van der Waals surface area contributed by atoms with E-state index in [-0.39, 0.29) is 12.7 Å². The van der Waals surface area contributed by atoms with Crippen LogP contribution in [0.4, 0.5) is 0 Å². The first-order valence-electron chi connectivity index (χ1n) is 8.06. The van der Waals surface area contributed by atoms with Crippen LogP contribution < -0.4 is 4.74 Å². The molecule has 4 heteroatoms. The highest BCUT2D eigenvalue weighted by molar-refractivity contribution is 9.10. The molecule has 1 fully saturated rings. The summed E-state index contributed by atoms with van der Waals surface area (Å²) in [5, 5.41) is 9.36. The summed E-state index contributed by atoms with van der Waals surface area (Å²) in [5.41, 5.74) is 1.29. The van der Waals surface area contributed by atoms with Crippen LogP contribution in [0.1, 0.15) is 37.7 Å². The zero-order valence-corrected chi connectivity index (χ0v) is 14.0. The molecule has 0 radical (unpaired) electrons. The van der Waals surface area contributed by atoms with Crippen molar-refractivity contribution < 1.29 is 9.84 Å². The van der Waals surface area contributed by atoms with Gasteiger partial charge in [0.15, 0.2) is 0 Å². The molecule has 1 aromatic carbocycles. The Kier molecular flexibility index (Phi) is 5.19. The fourth-order valence-corrected chi connectivity index (χ4v) is 4.06. The maximum Gasteiger partial charge on any atom is 0.123 e. The number of hydrogen-bond acceptors (Lipinski definition) is 3. The molecule has 1 aliphatic carbocycles. The van der Waals surface area contributed by atoms with Crippen LogP contribution in [-0.2, 0) is 6.42 Å². The van der Waals surface area contributed by atoms with E-state index in [2.05, 4.69) is 33.0 Å². The molecule has 21 heavy (non-hydrogen) atoms. The molecule has 3 nitrogen and oxygen atoms in total. The van der Waals surface area contributed by atoms with Gasteiger partial charge in [0.25, 0.3) is 0 Å². The van der Waals surface area contributed by atoms with Gasteiger partial charge in [-0.15, -0.1) is 0 Å². The van der Waals surface area contributed by atoms with Crippen LogP contribution >= 0.6 is 15.9 Å². The Morgan fingerprint density at radius 2 is 2.05 bits per heavy atom. The van der Waals surface area contributed by atoms with E-state index in [0.29, 0.717) is 6.04 Å². The zero-order chi connectivity index (χ0) is 14.7. The molecule has 2 aliphatic rings. The molecule has 0 aromatic heterocycles. The van der Waals surface area contributed by atoms with Gasteiger partial charge in [0.05, 0.1) is 6.61 Å². The molecule has 0 saturated heterocycles. The summed E-state index contributed by atoms with van der Waals surface area (Å²) in [5.74, 6) is 1.02. The summed E-state index contributed by atoms with van der Waals surface area (Å²) in [6.45, 7) is 1.93. The van der Waals surface area contributed by atoms with Crippen molar-refractivity contribution in [1.82, 2.24) is 4.90 Å². The Morgan fingerprint density at radius 1 is 1.24 bits per heavy atom. The highest BCUT2D eigenvalue weighted by atomic mass is 79.9. The molecule has 1 heterocycles. The van der Waals surface area contributed by atoms with E-state index in [1.807, 2.05) is 6.07 Å². The van der Waals surface area contributed by atoms with E-state index < -0.39 is 0 Å². The molecule has 3 rings (SSSR count). The van der Waals surface area contributed by atoms with Gasteiger partial charge in [0, 0.05) is 30.0 Å². The van der Waals surface area contributed by atoms with Crippen LogP contribution in [-0.4, -0.2) is 41.8 Å². The van der Waals surface area contributed by atoms with Crippen molar-refractivity contribution in [3.05, 3.63) is 28.2 Å². The number of rotatable bonds is 5. The molecular weight excluding hydrogens is 330 g/mol. The lowest BCUT2D eigenvalue weighted by molar-refractivity contribution is 0.0796. The number of benzene rings is 1. The second-order valence-electron chi connectivity index (χ2n) is 6.21. The van der Waals surface area contributed by atoms with Crippen molar-refractivity contribution in [2.75, 3.05) is 19.7 Å². The highest BCUT2D eigenvalue weighted by Gasteiger charge is 2.28. The number of nitrogens with zero attached hydrogens (tertiary/aromatic N) is 1. The third-order valence-electron chi connectivity index (χ3n) is 4.68. The number of hydrogen-bond donors (Lipinski definition) is 1. The van der Waals surface area contributed by atoms with Crippen LogP contribution in [0.3, 0.4) is 0 Å². The number of aliphatic hydroxyl groups is 1. The maximum atomic E-state index is 9.36. The summed E-state index contributed by atoms with van der Waals surface area (Å²) in [6.07, 6.45) is 7.75. The Morgan fingerprint density at radius 3 is 2.81 bits per heavy atom. The number of fused-ring (bicyclic) bond motifs is 1. The molecule has 0 amide bonds. The summed E-state index contributed by atoms with van der Waals surface area (Å²) in [7, 11) is 0. The lowest BCUT2D eigenvalue weighted by atomic mass is 9.94. The highest BCUT2D eigenvalue weighted by Crippen LogP contribution is 2.32. The zero-order valence-electron chi connectivity index (χ0n) is 12.4. The Bertz CT molecular complexity index is 474. The normalized spacial score (nSPS) is 22.3. The average Bonchev–Trinajstić information content (AvgIpc) is 2.89. The van der Waals surface area contributed by atoms with Crippen molar-refractivity contribution in [3.8, 4) is 5.75 Å². The molecule has 1 unspecified atom stereocenters. The van der Waals surface area contributed by atoms with Crippen LogP contribution in [0.5, 0.6) is 5.75 Å². The van der Waals surface area contributed by atoms with E-state index in [1.54, 1.807) is 0 Å². The van der Waals surface area contributed by atoms with E-state index >= 15 is 0 Å². The SMILES string of the molecule is OCCN(CC1Cc2cc(Br)ccc2O1)C1CCCCC1. The van der Waals surface area contributed by atoms with Crippen molar-refractivity contribution in [1.29, 1.82) is 0 Å². The molecule has 1 atom stereocenters. The Balaban J connectivity index is 1.61. The molecule has 0 bridgehead atoms. The lowest BCUT2D eigenvalue weighted by Crippen LogP contribution is -2.44. The minimum absolute atomic E-state index is 0.225. The first kappa shape index (κ1) is 15.3. The summed E-state index contributed by atoms with van der Waals surface area (Å²) >= 11 is 3.52. The minimum Gasteiger partial charge on any atom is -0.488 e. The van der Waals surface area contributed by atoms with Gasteiger partial charge < -0.3 is 9.84 Å². The predicted molar refractivity (Wildman–Crippen MR) is 87.8 cm³/mol. The average molecular weight is 354 g/mol. The van der Waals surface area contributed by atoms with Gasteiger partial charge in [-0.1, -0.05) is 35.2 Å². The second kappa shape index (κ2) is 7.12. The van der Waals surface area contributed by atoms with Gasteiger partial charge in [-0.05, 0) is 36.6 Å². The smallest absolute Gasteiger partial charge is 0.123 e. The van der Waals surface area contributed by atoms with E-state index in [9.17, 15) is 5.11 Å². The van der Waals surface area contributed by atoms with E-state index in [0.717, 1.165) is 29.7 Å². The molecular formula is C17H24BrNO2. The van der Waals surface area contributed by atoms with E-state index in [4.69, 9.17) is 4.74 Å². The largest absolute Gasteiger partial charge is 0.488 e. The number of aliphatic hydroxyl groups excluding tert-OH is 1. The van der Waals surface area contributed by atoms with Gasteiger partial charge in [-0.3, -0.25) is 4.90 Å². The fourth-order valence-electron chi connectivity index (χ4n) is 3.65. The summed E-state index contributed by atoms with van der Waals surface area (Å²) < 4.78 is 7.20. The van der Waals surface area contributed by atoms with Crippen molar-refractivity contribution >= 4 is 15.9 Å². The predicted octanol–water partition coefficient (Wildman–Crippen LogP) is 3.38. The van der Waals surface area contributed by atoms with Crippen LogP contribution in [0.25, 0.3) is 0 Å². The molecule has 116 valence electrons. The van der Waals surface area contributed by atoms with Gasteiger partial charge in [-0.25, -0.2) is 0 Å². The Hall–Kier alpha value is -0.580. The first-order chi connectivity index (χ1) is 10.3. The summed E-state index contributed by atoms with van der Waals surface area (Å²) in [6, 6.07) is 6.88. The molecule has 1 saturated carbocycles. The first-order valence-corrected chi connectivity index (χ1v) is 8.85. The van der Waals surface area contributed by atoms with E-state index in [1.165, 1.54) is 37.7 Å². The van der Waals surface area contributed by atoms with Crippen LogP contribution in [0.15, 0.2) is 22.7 Å². The van der Waals surface area contributed by atoms with Gasteiger partial charge in [-0.2, -0.15) is 0 Å².